The summed E-state index contributed by atoms with van der Waals surface area (Å²) >= 11 is 0. The van der Waals surface area contributed by atoms with Crippen molar-refractivity contribution in [3.8, 4) is 0 Å². The number of nitrogen functional groups attached to an aromatic ring is 1. The molecule has 0 bridgehead atoms. The van der Waals surface area contributed by atoms with E-state index in [9.17, 15) is 0 Å². The van der Waals surface area contributed by atoms with E-state index in [1.807, 2.05) is 24.3 Å². The Bertz CT molecular complexity index is 582. The summed E-state index contributed by atoms with van der Waals surface area (Å²) in [6, 6.07) is 8.32. The van der Waals surface area contributed by atoms with Crippen molar-refractivity contribution in [3.63, 3.8) is 0 Å². The van der Waals surface area contributed by atoms with Crippen LogP contribution in [0, 0.1) is 5.92 Å². The van der Waals surface area contributed by atoms with Crippen LogP contribution in [-0.2, 0) is 0 Å². The second-order valence-electron chi connectivity index (χ2n) is 5.93. The first-order valence-corrected chi connectivity index (χ1v) is 7.60. The van der Waals surface area contributed by atoms with Gasteiger partial charge in [0.1, 0.15) is 5.82 Å². The third-order valence-electron chi connectivity index (χ3n) is 3.53. The minimum absolute atomic E-state index is 0.368. The van der Waals surface area contributed by atoms with Gasteiger partial charge in [-0.2, -0.15) is 4.98 Å². The van der Waals surface area contributed by atoms with Gasteiger partial charge < -0.3 is 5.32 Å². The molecule has 0 spiro atoms. The van der Waals surface area contributed by atoms with E-state index in [2.05, 4.69) is 41.5 Å². The van der Waals surface area contributed by atoms with E-state index in [4.69, 9.17) is 5.84 Å². The molecule has 21 heavy (non-hydrogen) atoms. The molecule has 0 amide bonds. The lowest BCUT2D eigenvalue weighted by molar-refractivity contribution is 0.520. The summed E-state index contributed by atoms with van der Waals surface area (Å²) in [5.41, 5.74) is 3.42. The highest BCUT2D eigenvalue weighted by molar-refractivity contribution is 5.90. The van der Waals surface area contributed by atoms with E-state index in [1.165, 1.54) is 12.8 Å². The van der Waals surface area contributed by atoms with Crippen molar-refractivity contribution < 1.29 is 0 Å². The van der Waals surface area contributed by atoms with Gasteiger partial charge in [-0.15, -0.1) is 0 Å². The predicted octanol–water partition coefficient (Wildman–Crippen LogP) is 3.54. The van der Waals surface area contributed by atoms with Gasteiger partial charge in [0.2, 0.25) is 5.95 Å². The highest BCUT2D eigenvalue weighted by Gasteiger charge is 2.10. The molecular formula is C16H25N5. The van der Waals surface area contributed by atoms with Gasteiger partial charge in [-0.3, -0.25) is 5.43 Å². The van der Waals surface area contributed by atoms with Gasteiger partial charge in [0.05, 0.1) is 5.52 Å². The third kappa shape index (κ3) is 4.29. The normalized spacial score (nSPS) is 12.6. The molecule has 1 unspecified atom stereocenters. The molecule has 0 aliphatic carbocycles. The molecular weight excluding hydrogens is 262 g/mol. The van der Waals surface area contributed by atoms with Gasteiger partial charge in [-0.25, -0.2) is 10.8 Å². The van der Waals surface area contributed by atoms with Crippen LogP contribution >= 0.6 is 0 Å². The first-order valence-electron chi connectivity index (χ1n) is 7.60. The molecule has 1 heterocycles. The van der Waals surface area contributed by atoms with Gasteiger partial charge in [0, 0.05) is 11.4 Å². The van der Waals surface area contributed by atoms with Crippen molar-refractivity contribution in [2.24, 2.45) is 11.8 Å². The second-order valence-corrected chi connectivity index (χ2v) is 5.93. The fourth-order valence-corrected chi connectivity index (χ4v) is 2.39. The monoisotopic (exact) mass is 287 g/mol. The van der Waals surface area contributed by atoms with Crippen molar-refractivity contribution in [3.05, 3.63) is 24.3 Å². The zero-order valence-corrected chi connectivity index (χ0v) is 13.1. The molecule has 114 valence electrons. The van der Waals surface area contributed by atoms with Crippen LogP contribution in [-0.4, -0.2) is 16.0 Å². The molecule has 2 aromatic rings. The van der Waals surface area contributed by atoms with E-state index < -0.39 is 0 Å². The summed E-state index contributed by atoms with van der Waals surface area (Å²) in [5.74, 6) is 7.48. The SMILES string of the molecule is CC(C)CCCC(C)Nc1nc(NN)nc2ccccc12. The molecule has 0 radical (unpaired) electrons. The number of para-hydroxylation sites is 1. The van der Waals surface area contributed by atoms with Gasteiger partial charge in [-0.05, 0) is 31.4 Å². The highest BCUT2D eigenvalue weighted by Crippen LogP contribution is 2.23. The van der Waals surface area contributed by atoms with Crippen LogP contribution in [0.15, 0.2) is 24.3 Å². The summed E-state index contributed by atoms with van der Waals surface area (Å²) in [6.45, 7) is 6.71. The lowest BCUT2D eigenvalue weighted by Crippen LogP contribution is -2.18. The van der Waals surface area contributed by atoms with E-state index in [1.54, 1.807) is 0 Å². The molecule has 5 nitrogen and oxygen atoms in total. The highest BCUT2D eigenvalue weighted by atomic mass is 15.3. The minimum atomic E-state index is 0.368. The Morgan fingerprint density at radius 2 is 1.86 bits per heavy atom. The van der Waals surface area contributed by atoms with Gasteiger partial charge in [0.25, 0.3) is 0 Å². The van der Waals surface area contributed by atoms with Crippen LogP contribution in [0.3, 0.4) is 0 Å². The largest absolute Gasteiger partial charge is 0.367 e. The first kappa shape index (κ1) is 15.5. The molecule has 2 rings (SSSR count). The van der Waals surface area contributed by atoms with Crippen LogP contribution in [0.4, 0.5) is 11.8 Å². The number of nitrogens with two attached hydrogens (primary N) is 1. The van der Waals surface area contributed by atoms with Crippen LogP contribution in [0.5, 0.6) is 0 Å². The molecule has 1 aromatic carbocycles. The molecule has 0 saturated heterocycles. The van der Waals surface area contributed by atoms with Crippen molar-refractivity contribution in [1.82, 2.24) is 9.97 Å². The number of anilines is 2. The zero-order valence-electron chi connectivity index (χ0n) is 13.1. The molecule has 1 aromatic heterocycles. The van der Waals surface area contributed by atoms with Crippen LogP contribution in [0.2, 0.25) is 0 Å². The van der Waals surface area contributed by atoms with E-state index in [0.717, 1.165) is 29.1 Å². The molecule has 5 heteroatoms. The maximum absolute atomic E-state index is 5.45. The maximum atomic E-state index is 5.45. The minimum Gasteiger partial charge on any atom is -0.367 e. The molecule has 0 saturated carbocycles. The Hall–Kier alpha value is -1.88. The number of hydrogen-bond acceptors (Lipinski definition) is 5. The quantitative estimate of drug-likeness (QED) is 0.536. The molecule has 1 atom stereocenters. The lowest BCUT2D eigenvalue weighted by Gasteiger charge is -2.17. The molecule has 0 aliphatic rings. The lowest BCUT2D eigenvalue weighted by atomic mass is 10.0. The molecule has 4 N–H and O–H groups in total. The topological polar surface area (TPSA) is 75.9 Å². The third-order valence-corrected chi connectivity index (χ3v) is 3.53. The predicted molar refractivity (Wildman–Crippen MR) is 89.1 cm³/mol. The number of hydrogen-bond donors (Lipinski definition) is 3. The standard InChI is InChI=1S/C16H25N5/c1-11(2)7-6-8-12(3)18-15-13-9-4-5-10-14(13)19-16(20-15)21-17/h4-5,9-12H,6-8,17H2,1-3H3,(H2,18,19,20,21). The average Bonchev–Trinajstić information content (AvgIpc) is 2.46. The van der Waals surface area contributed by atoms with Crippen molar-refractivity contribution in [1.29, 1.82) is 0 Å². The summed E-state index contributed by atoms with van der Waals surface area (Å²) in [4.78, 5) is 8.80. The summed E-state index contributed by atoms with van der Waals surface area (Å²) in [5, 5.41) is 4.51. The van der Waals surface area contributed by atoms with Gasteiger partial charge in [-0.1, -0.05) is 38.8 Å². The number of hydrazine groups is 1. The Labute approximate surface area is 126 Å². The Kier molecular flexibility index (Phi) is 5.33. The van der Waals surface area contributed by atoms with E-state index in [-0.39, 0.29) is 0 Å². The van der Waals surface area contributed by atoms with Crippen LogP contribution in [0.1, 0.15) is 40.0 Å². The fraction of sp³-hybridized carbons (Fsp3) is 0.500. The molecule has 0 aliphatic heterocycles. The average molecular weight is 287 g/mol. The Morgan fingerprint density at radius 1 is 1.10 bits per heavy atom. The Balaban J connectivity index is 2.13. The smallest absolute Gasteiger partial charge is 0.239 e. The number of benzene rings is 1. The van der Waals surface area contributed by atoms with E-state index >= 15 is 0 Å². The number of nitrogens with zero attached hydrogens (tertiary/aromatic N) is 2. The zero-order chi connectivity index (χ0) is 15.2. The van der Waals surface area contributed by atoms with Crippen molar-refractivity contribution in [2.45, 2.75) is 46.1 Å². The van der Waals surface area contributed by atoms with Gasteiger partial charge in [0.15, 0.2) is 0 Å². The van der Waals surface area contributed by atoms with Crippen molar-refractivity contribution >= 4 is 22.7 Å². The second kappa shape index (κ2) is 7.22. The van der Waals surface area contributed by atoms with Crippen molar-refractivity contribution in [2.75, 3.05) is 10.7 Å². The Morgan fingerprint density at radius 3 is 2.57 bits per heavy atom. The summed E-state index contributed by atoms with van der Waals surface area (Å²) in [7, 11) is 0. The van der Waals surface area contributed by atoms with Crippen LogP contribution < -0.4 is 16.6 Å². The fourth-order valence-electron chi connectivity index (χ4n) is 2.39. The number of nitrogens with one attached hydrogen (secondary N) is 2. The van der Waals surface area contributed by atoms with Crippen LogP contribution in [0.25, 0.3) is 10.9 Å². The number of aromatic nitrogens is 2. The van der Waals surface area contributed by atoms with Gasteiger partial charge >= 0.3 is 0 Å². The molecule has 0 fully saturated rings. The number of rotatable bonds is 7. The number of fused-ring (bicyclic) bond motifs is 1. The maximum Gasteiger partial charge on any atom is 0.239 e. The summed E-state index contributed by atoms with van der Waals surface area (Å²) < 4.78 is 0. The van der Waals surface area contributed by atoms with E-state index in [0.29, 0.717) is 12.0 Å². The summed E-state index contributed by atoms with van der Waals surface area (Å²) in [6.07, 6.45) is 3.60. The first-order chi connectivity index (χ1) is 10.1.